The summed E-state index contributed by atoms with van der Waals surface area (Å²) < 4.78 is 1.99. The highest BCUT2D eigenvalue weighted by Gasteiger charge is 2.22. The molecule has 1 amide bonds. The van der Waals surface area contributed by atoms with E-state index in [0.717, 1.165) is 29.7 Å². The number of anilines is 1. The Morgan fingerprint density at radius 2 is 2.07 bits per heavy atom. The molecule has 0 saturated carbocycles. The number of piperazine rings is 1. The van der Waals surface area contributed by atoms with E-state index in [1.54, 1.807) is 11.0 Å². The van der Waals surface area contributed by atoms with Crippen LogP contribution in [0.15, 0.2) is 60.0 Å². The molecule has 0 aliphatic carbocycles. The highest BCUT2D eigenvalue weighted by molar-refractivity contribution is 6.04. The lowest BCUT2D eigenvalue weighted by atomic mass is 10.1. The summed E-state index contributed by atoms with van der Waals surface area (Å²) in [5.74, 6) is 0.606. The molecule has 0 spiro atoms. The first-order chi connectivity index (χ1) is 13.5. The average molecular weight is 376 g/mol. The maximum atomic E-state index is 11.9. The van der Waals surface area contributed by atoms with E-state index in [-0.39, 0.29) is 12.3 Å². The van der Waals surface area contributed by atoms with Gasteiger partial charge in [0.25, 0.3) is 0 Å². The van der Waals surface area contributed by atoms with Gasteiger partial charge in [-0.3, -0.25) is 4.79 Å². The zero-order chi connectivity index (χ0) is 20.1. The molecule has 2 heterocycles. The number of nitrogens with two attached hydrogens (primary N) is 1. The van der Waals surface area contributed by atoms with Gasteiger partial charge in [-0.15, -0.1) is 0 Å². The van der Waals surface area contributed by atoms with Gasteiger partial charge in [0.1, 0.15) is 12.3 Å². The minimum atomic E-state index is -0.0965. The summed E-state index contributed by atoms with van der Waals surface area (Å²) >= 11 is 0. The van der Waals surface area contributed by atoms with Crippen molar-refractivity contribution >= 4 is 28.3 Å². The van der Waals surface area contributed by atoms with Crippen molar-refractivity contribution in [2.45, 2.75) is 13.3 Å². The molecule has 0 unspecified atom stereocenters. The third-order valence-electron chi connectivity index (χ3n) is 4.71. The molecule has 0 atom stereocenters. The van der Waals surface area contributed by atoms with Crippen LogP contribution in [0.5, 0.6) is 0 Å². The van der Waals surface area contributed by atoms with Gasteiger partial charge in [-0.2, -0.15) is 5.26 Å². The van der Waals surface area contributed by atoms with Gasteiger partial charge in [-0.05, 0) is 37.4 Å². The molecule has 1 fully saturated rings. The van der Waals surface area contributed by atoms with Crippen LogP contribution in [0.25, 0.3) is 10.9 Å². The lowest BCUT2D eigenvalue weighted by Gasteiger charge is -2.36. The van der Waals surface area contributed by atoms with Crippen LogP contribution in [0.1, 0.15) is 13.3 Å². The van der Waals surface area contributed by atoms with Crippen LogP contribution in [0.2, 0.25) is 0 Å². The van der Waals surface area contributed by atoms with Crippen LogP contribution in [0.3, 0.4) is 0 Å². The Labute approximate surface area is 164 Å². The number of fused-ring (bicyclic) bond motifs is 1. The SMILES string of the molecule is C=C(C)/N=C(\C=C/N)n1ccc2c(N3CCN(C(=O)CC#N)CC3)cccc21. The molecular weight excluding hydrogens is 352 g/mol. The van der Waals surface area contributed by atoms with Crippen molar-refractivity contribution in [3.05, 3.63) is 55.0 Å². The van der Waals surface area contributed by atoms with Crippen LogP contribution in [0.4, 0.5) is 5.69 Å². The Balaban J connectivity index is 1.89. The summed E-state index contributed by atoms with van der Waals surface area (Å²) in [6.07, 6.45) is 5.13. The fourth-order valence-electron chi connectivity index (χ4n) is 3.46. The zero-order valence-corrected chi connectivity index (χ0v) is 16.0. The molecule has 0 bridgehead atoms. The summed E-state index contributed by atoms with van der Waals surface area (Å²) in [5, 5.41) is 9.83. The average Bonchev–Trinajstić information content (AvgIpc) is 3.12. The van der Waals surface area contributed by atoms with E-state index in [1.807, 2.05) is 35.9 Å². The number of carbonyl (C=O) groups is 1. The first-order valence-corrected chi connectivity index (χ1v) is 9.17. The first kappa shape index (κ1) is 19.2. The Bertz CT molecular complexity index is 986. The van der Waals surface area contributed by atoms with Crippen molar-refractivity contribution in [1.29, 1.82) is 5.26 Å². The molecule has 2 aromatic rings. The number of nitrogens with zero attached hydrogens (tertiary/aromatic N) is 5. The molecule has 2 N–H and O–H groups in total. The minimum Gasteiger partial charge on any atom is -0.404 e. The zero-order valence-electron chi connectivity index (χ0n) is 16.0. The second-order valence-electron chi connectivity index (χ2n) is 6.66. The van der Waals surface area contributed by atoms with Gasteiger partial charge in [-0.1, -0.05) is 12.6 Å². The summed E-state index contributed by atoms with van der Waals surface area (Å²) in [4.78, 5) is 20.4. The van der Waals surface area contributed by atoms with Crippen LogP contribution in [-0.2, 0) is 4.79 Å². The van der Waals surface area contributed by atoms with E-state index in [0.29, 0.717) is 24.6 Å². The smallest absolute Gasteiger partial charge is 0.236 e. The number of aliphatic imine (C=N–C) groups is 1. The lowest BCUT2D eigenvalue weighted by molar-refractivity contribution is -0.130. The highest BCUT2D eigenvalue weighted by atomic mass is 16.2. The molecule has 144 valence electrons. The quantitative estimate of drug-likeness (QED) is 0.655. The van der Waals surface area contributed by atoms with Gasteiger partial charge in [0.2, 0.25) is 5.91 Å². The van der Waals surface area contributed by atoms with E-state index in [4.69, 9.17) is 11.0 Å². The molecule has 1 aliphatic rings. The molecular formula is C21H24N6O. The number of amides is 1. The van der Waals surface area contributed by atoms with E-state index in [1.165, 1.54) is 6.20 Å². The van der Waals surface area contributed by atoms with Crippen LogP contribution in [0, 0.1) is 11.3 Å². The molecule has 1 aliphatic heterocycles. The van der Waals surface area contributed by atoms with E-state index in [2.05, 4.69) is 28.6 Å². The molecule has 3 rings (SSSR count). The maximum Gasteiger partial charge on any atom is 0.236 e. The molecule has 28 heavy (non-hydrogen) atoms. The Kier molecular flexibility index (Phi) is 5.80. The molecule has 1 saturated heterocycles. The number of benzene rings is 1. The number of hydrogen-bond acceptors (Lipinski definition) is 5. The van der Waals surface area contributed by atoms with E-state index >= 15 is 0 Å². The molecule has 1 aromatic carbocycles. The fraction of sp³-hybridized carbons (Fsp3) is 0.286. The second-order valence-corrected chi connectivity index (χ2v) is 6.66. The fourth-order valence-corrected chi connectivity index (χ4v) is 3.46. The largest absolute Gasteiger partial charge is 0.404 e. The van der Waals surface area contributed by atoms with Crippen molar-refractivity contribution in [3.63, 3.8) is 0 Å². The summed E-state index contributed by atoms with van der Waals surface area (Å²) in [6, 6.07) is 10.2. The van der Waals surface area contributed by atoms with Crippen molar-refractivity contribution in [2.24, 2.45) is 10.7 Å². The molecule has 7 heteroatoms. The Hall–Kier alpha value is -3.53. The van der Waals surface area contributed by atoms with Crippen molar-refractivity contribution < 1.29 is 4.79 Å². The van der Waals surface area contributed by atoms with Gasteiger partial charge in [0.15, 0.2) is 0 Å². The predicted octanol–water partition coefficient (Wildman–Crippen LogP) is 2.46. The van der Waals surface area contributed by atoms with Crippen LogP contribution in [-0.4, -0.2) is 47.4 Å². The van der Waals surface area contributed by atoms with Crippen LogP contribution < -0.4 is 10.6 Å². The molecule has 7 nitrogen and oxygen atoms in total. The summed E-state index contributed by atoms with van der Waals surface area (Å²) in [7, 11) is 0. The van der Waals surface area contributed by atoms with Crippen molar-refractivity contribution in [2.75, 3.05) is 31.1 Å². The third kappa shape index (κ3) is 3.91. The number of aromatic nitrogens is 1. The Morgan fingerprint density at radius 1 is 1.32 bits per heavy atom. The van der Waals surface area contributed by atoms with Gasteiger partial charge in [-0.25, -0.2) is 4.99 Å². The monoisotopic (exact) mass is 376 g/mol. The number of nitriles is 1. The highest BCUT2D eigenvalue weighted by Crippen LogP contribution is 2.29. The van der Waals surface area contributed by atoms with Crippen LogP contribution >= 0.6 is 0 Å². The lowest BCUT2D eigenvalue weighted by Crippen LogP contribution is -2.48. The normalized spacial score (nSPS) is 15.2. The molecule has 1 aromatic heterocycles. The number of rotatable bonds is 4. The van der Waals surface area contributed by atoms with Crippen molar-refractivity contribution in [3.8, 4) is 6.07 Å². The number of hydrogen-bond donors (Lipinski definition) is 1. The minimum absolute atomic E-state index is 0.0576. The second kappa shape index (κ2) is 8.44. The standard InChI is InChI=1S/C21H24N6O/c1-16(2)24-20(6-9-22)27-11-8-17-18(4-3-5-19(17)27)25-12-14-26(15-13-25)21(28)7-10-23/h3-6,8-9,11H,1,7,12-15,22H2,2H3/b9-6-,24-20+. The molecule has 0 radical (unpaired) electrons. The van der Waals surface area contributed by atoms with Gasteiger partial charge in [0.05, 0.1) is 11.6 Å². The van der Waals surface area contributed by atoms with E-state index in [9.17, 15) is 4.79 Å². The van der Waals surface area contributed by atoms with Gasteiger partial charge < -0.3 is 20.1 Å². The number of carbonyl (C=O) groups excluding carboxylic acids is 1. The van der Waals surface area contributed by atoms with Crippen molar-refractivity contribution in [1.82, 2.24) is 9.47 Å². The summed E-state index contributed by atoms with van der Waals surface area (Å²) in [6.45, 7) is 8.41. The Morgan fingerprint density at radius 3 is 2.71 bits per heavy atom. The van der Waals surface area contributed by atoms with Gasteiger partial charge in [0, 0.05) is 49.1 Å². The predicted molar refractivity (Wildman–Crippen MR) is 112 cm³/mol. The number of allylic oxidation sites excluding steroid dienone is 2. The maximum absolute atomic E-state index is 11.9. The third-order valence-corrected chi connectivity index (χ3v) is 4.71. The topological polar surface area (TPSA) is 90.7 Å². The van der Waals surface area contributed by atoms with Gasteiger partial charge >= 0.3 is 0 Å². The summed E-state index contributed by atoms with van der Waals surface area (Å²) in [5.41, 5.74) is 8.44. The first-order valence-electron chi connectivity index (χ1n) is 9.17. The van der Waals surface area contributed by atoms with E-state index < -0.39 is 0 Å².